The number of rotatable bonds is 2. The number of anilines is 1. The number of aryl methyl sites for hydroxylation is 1. The van der Waals surface area contributed by atoms with Gasteiger partial charge in [0.2, 0.25) is 5.95 Å². The Kier molecular flexibility index (Phi) is 2.89. The Hall–Kier alpha value is -2.43. The van der Waals surface area contributed by atoms with Crippen LogP contribution in [0.5, 0.6) is 0 Å². The summed E-state index contributed by atoms with van der Waals surface area (Å²) in [5.41, 5.74) is 8.12. The fraction of sp³-hybridized carbons (Fsp3) is 0.133. The van der Waals surface area contributed by atoms with Crippen molar-refractivity contribution in [2.24, 2.45) is 0 Å². The molecule has 0 saturated carbocycles. The van der Waals surface area contributed by atoms with E-state index in [1.807, 2.05) is 31.2 Å². The van der Waals surface area contributed by atoms with Crippen LogP contribution < -0.4 is 5.73 Å². The molecule has 0 unspecified atom stereocenters. The van der Waals surface area contributed by atoms with Gasteiger partial charge >= 0.3 is 0 Å². The molecule has 0 bridgehead atoms. The molecule has 0 aliphatic rings. The van der Waals surface area contributed by atoms with E-state index in [-0.39, 0.29) is 11.5 Å². The molecular formula is C15H13F2N3. The van der Waals surface area contributed by atoms with Crippen molar-refractivity contribution in [1.29, 1.82) is 0 Å². The molecular weight excluding hydrogens is 260 g/mol. The summed E-state index contributed by atoms with van der Waals surface area (Å²) in [6.07, 6.45) is 0.864. The van der Waals surface area contributed by atoms with Crippen LogP contribution in [0.2, 0.25) is 0 Å². The number of nitrogen functional groups attached to an aromatic ring is 1. The average molecular weight is 273 g/mol. The molecule has 3 aromatic rings. The normalized spacial score (nSPS) is 11.2. The van der Waals surface area contributed by atoms with Gasteiger partial charge in [0.1, 0.15) is 11.3 Å². The second kappa shape index (κ2) is 4.59. The Bertz CT molecular complexity index is 793. The molecule has 3 rings (SSSR count). The second-order valence-electron chi connectivity index (χ2n) is 4.58. The zero-order valence-electron chi connectivity index (χ0n) is 10.9. The van der Waals surface area contributed by atoms with Crippen LogP contribution in [0, 0.1) is 11.6 Å². The van der Waals surface area contributed by atoms with Crippen molar-refractivity contribution in [3.05, 3.63) is 53.6 Å². The Labute approximate surface area is 114 Å². The predicted molar refractivity (Wildman–Crippen MR) is 74.8 cm³/mol. The fourth-order valence-corrected chi connectivity index (χ4v) is 2.31. The number of benzene rings is 2. The Morgan fingerprint density at radius 2 is 2.00 bits per heavy atom. The molecule has 1 aromatic heterocycles. The summed E-state index contributed by atoms with van der Waals surface area (Å²) in [6, 6.07) is 9.68. The van der Waals surface area contributed by atoms with Crippen molar-refractivity contribution in [1.82, 2.24) is 9.55 Å². The third kappa shape index (κ3) is 1.91. The minimum absolute atomic E-state index is 0.0748. The maximum Gasteiger partial charge on any atom is 0.206 e. The Balaban J connectivity index is 2.32. The smallest absolute Gasteiger partial charge is 0.206 e. The molecule has 0 spiro atoms. The van der Waals surface area contributed by atoms with E-state index in [2.05, 4.69) is 4.98 Å². The Morgan fingerprint density at radius 3 is 2.75 bits per heavy atom. The summed E-state index contributed by atoms with van der Waals surface area (Å²) in [6.45, 7) is 2.04. The molecule has 3 nitrogen and oxygen atoms in total. The van der Waals surface area contributed by atoms with Gasteiger partial charge in [0.25, 0.3) is 0 Å². The van der Waals surface area contributed by atoms with Gasteiger partial charge in [-0.05, 0) is 24.1 Å². The van der Waals surface area contributed by atoms with Crippen LogP contribution in [0.25, 0.3) is 16.7 Å². The van der Waals surface area contributed by atoms with Crippen molar-refractivity contribution in [2.75, 3.05) is 5.73 Å². The SMILES string of the molecule is CCc1cccc(-n2c(N)nc3c(F)cc(F)cc32)c1. The molecule has 0 radical (unpaired) electrons. The lowest BCUT2D eigenvalue weighted by atomic mass is 10.1. The largest absolute Gasteiger partial charge is 0.369 e. The van der Waals surface area contributed by atoms with Crippen LogP contribution >= 0.6 is 0 Å². The van der Waals surface area contributed by atoms with Crippen molar-refractivity contribution in [3.63, 3.8) is 0 Å². The van der Waals surface area contributed by atoms with Crippen LogP contribution in [-0.4, -0.2) is 9.55 Å². The highest BCUT2D eigenvalue weighted by Crippen LogP contribution is 2.26. The maximum absolute atomic E-state index is 13.7. The summed E-state index contributed by atoms with van der Waals surface area (Å²) in [5.74, 6) is -1.22. The van der Waals surface area contributed by atoms with E-state index in [9.17, 15) is 8.78 Å². The quantitative estimate of drug-likeness (QED) is 0.777. The lowest BCUT2D eigenvalue weighted by Gasteiger charge is -2.08. The van der Waals surface area contributed by atoms with E-state index in [4.69, 9.17) is 5.73 Å². The average Bonchev–Trinajstić information content (AvgIpc) is 2.75. The van der Waals surface area contributed by atoms with Gasteiger partial charge < -0.3 is 5.73 Å². The summed E-state index contributed by atoms with van der Waals surface area (Å²) in [7, 11) is 0. The van der Waals surface area contributed by atoms with E-state index in [1.54, 1.807) is 4.57 Å². The van der Waals surface area contributed by atoms with Crippen molar-refractivity contribution in [2.45, 2.75) is 13.3 Å². The van der Waals surface area contributed by atoms with E-state index >= 15 is 0 Å². The van der Waals surface area contributed by atoms with E-state index < -0.39 is 11.6 Å². The molecule has 0 saturated heterocycles. The first-order valence-electron chi connectivity index (χ1n) is 6.32. The minimum Gasteiger partial charge on any atom is -0.369 e. The second-order valence-corrected chi connectivity index (χ2v) is 4.58. The van der Waals surface area contributed by atoms with Gasteiger partial charge in [-0.15, -0.1) is 0 Å². The van der Waals surface area contributed by atoms with Crippen LogP contribution in [0.4, 0.5) is 14.7 Å². The predicted octanol–water partition coefficient (Wildman–Crippen LogP) is 3.45. The third-order valence-electron chi connectivity index (χ3n) is 3.28. The highest BCUT2D eigenvalue weighted by molar-refractivity contribution is 5.81. The monoisotopic (exact) mass is 273 g/mol. The van der Waals surface area contributed by atoms with Gasteiger partial charge in [-0.25, -0.2) is 13.8 Å². The third-order valence-corrected chi connectivity index (χ3v) is 3.28. The van der Waals surface area contributed by atoms with Gasteiger partial charge in [-0.1, -0.05) is 19.1 Å². The molecule has 20 heavy (non-hydrogen) atoms. The summed E-state index contributed by atoms with van der Waals surface area (Å²) >= 11 is 0. The number of aromatic nitrogens is 2. The van der Waals surface area contributed by atoms with Crippen molar-refractivity contribution in [3.8, 4) is 5.69 Å². The molecule has 2 N–H and O–H groups in total. The molecule has 1 heterocycles. The van der Waals surface area contributed by atoms with E-state index in [0.29, 0.717) is 5.52 Å². The fourth-order valence-electron chi connectivity index (χ4n) is 2.31. The van der Waals surface area contributed by atoms with Gasteiger partial charge in [-0.2, -0.15) is 0 Å². The number of hydrogen-bond donors (Lipinski definition) is 1. The minimum atomic E-state index is -0.711. The molecule has 0 fully saturated rings. The van der Waals surface area contributed by atoms with Crippen LogP contribution in [0.3, 0.4) is 0 Å². The molecule has 0 aliphatic heterocycles. The number of hydrogen-bond acceptors (Lipinski definition) is 2. The molecule has 0 amide bonds. The zero-order chi connectivity index (χ0) is 14.3. The highest BCUT2D eigenvalue weighted by atomic mass is 19.1. The van der Waals surface area contributed by atoms with Crippen LogP contribution in [0.15, 0.2) is 36.4 Å². The van der Waals surface area contributed by atoms with Crippen molar-refractivity contribution >= 4 is 17.0 Å². The molecule has 0 aliphatic carbocycles. The first-order chi connectivity index (χ1) is 9.60. The number of nitrogens with two attached hydrogens (primary N) is 1. The van der Waals surface area contributed by atoms with E-state index in [1.165, 1.54) is 6.07 Å². The number of fused-ring (bicyclic) bond motifs is 1. The molecule has 2 aromatic carbocycles. The maximum atomic E-state index is 13.7. The first kappa shape index (κ1) is 12.6. The van der Waals surface area contributed by atoms with E-state index in [0.717, 1.165) is 23.7 Å². The lowest BCUT2D eigenvalue weighted by molar-refractivity contribution is 0.590. The summed E-state index contributed by atoms with van der Waals surface area (Å²) < 4.78 is 28.7. The molecule has 0 atom stereocenters. The zero-order valence-corrected chi connectivity index (χ0v) is 10.9. The van der Waals surface area contributed by atoms with Gasteiger partial charge in [0.05, 0.1) is 5.52 Å². The number of nitrogens with zero attached hydrogens (tertiary/aromatic N) is 2. The summed E-state index contributed by atoms with van der Waals surface area (Å²) in [4.78, 5) is 3.98. The first-order valence-corrected chi connectivity index (χ1v) is 6.32. The van der Waals surface area contributed by atoms with Gasteiger partial charge in [-0.3, -0.25) is 4.57 Å². The standard InChI is InChI=1S/C15H13F2N3/c1-2-9-4-3-5-11(6-9)20-13-8-10(16)7-12(17)14(13)19-15(20)18/h3-8H,2H2,1H3,(H2,18,19). The Morgan fingerprint density at radius 1 is 1.20 bits per heavy atom. The topological polar surface area (TPSA) is 43.8 Å². The lowest BCUT2D eigenvalue weighted by Crippen LogP contribution is -2.01. The summed E-state index contributed by atoms with van der Waals surface area (Å²) in [5, 5.41) is 0. The highest BCUT2D eigenvalue weighted by Gasteiger charge is 2.15. The van der Waals surface area contributed by atoms with Gasteiger partial charge in [0.15, 0.2) is 5.82 Å². The number of imidazole rings is 1. The molecule has 102 valence electrons. The number of halogens is 2. The van der Waals surface area contributed by atoms with Crippen molar-refractivity contribution < 1.29 is 8.78 Å². The van der Waals surface area contributed by atoms with Gasteiger partial charge in [0, 0.05) is 17.8 Å². The van der Waals surface area contributed by atoms with Crippen LogP contribution in [-0.2, 0) is 6.42 Å². The van der Waals surface area contributed by atoms with Crippen LogP contribution in [0.1, 0.15) is 12.5 Å². The molecule has 5 heteroatoms.